The van der Waals surface area contributed by atoms with E-state index < -0.39 is 144 Å². The van der Waals surface area contributed by atoms with E-state index in [0.29, 0.717) is 43.4 Å². The maximum Gasteiger partial charge on any atom is 0.253 e. The van der Waals surface area contributed by atoms with Crippen molar-refractivity contribution in [2.75, 3.05) is 39.3 Å². The molecule has 2 aliphatic rings. The molecule has 11 atom stereocenters. The van der Waals surface area contributed by atoms with Crippen LogP contribution < -0.4 is 93.3 Å². The molecule has 4 rings (SSSR count). The highest BCUT2D eigenvalue weighted by molar-refractivity contribution is 6.08. The predicted molar refractivity (Wildman–Crippen MR) is 361 cm³/mol. The number of unbranched alkanes of at least 4 members (excludes halogenated alkanes) is 1. The van der Waals surface area contributed by atoms with Crippen LogP contribution in [0.25, 0.3) is 0 Å². The van der Waals surface area contributed by atoms with Crippen LogP contribution in [0.2, 0.25) is 0 Å². The molecular weight excluding hydrogens is 1260 g/mol. The lowest BCUT2D eigenvalue weighted by atomic mass is 9.96. The van der Waals surface area contributed by atoms with Gasteiger partial charge in [0.15, 0.2) is 18.0 Å². The molecule has 12 amide bonds. The standard InChI is InChI=1S/C64H102N20O13/c1-5-37(4)50(60(95)79-45(21-14-30-74-64(70)71)62(97)84-31-15-22-48(84)58(93)76-42(52(67)87)18-9-11-27-65)83-55(90)43-19-10-12-28-72-59(94)51(82-49(86)35-75-53(88)41(66)33-39-23-25-40(85)26-24-39)61(96)81-47(34-38-16-7-6-8-17-38)57(92)80-46(32-36(2)3)56(91)78-44(54(89)77-43)20-13-29-73-63(68)69/h6-8,16-17,23-26,36-37,41-48,50-51,85H,5,9-15,18-22,27-35,65-66H2,1-4H3,(H2,67,87)(H,72,94)(H,75,88)(H,76,93)(H,77,89)(H,78,91)(H,79,95)(H,80,92)(H,81,96)(H,82,86)(H,83,90)(H4,68,69,73)(H4,70,71,74)/t37-,41-,42-,43-,44-,45-,46-,47-,48-,50-,51-/m0/s1. The average Bonchev–Trinajstić information content (AvgIpc) is 1.76. The monoisotopic (exact) mass is 1360 g/mol. The smallest absolute Gasteiger partial charge is 0.253 e. The van der Waals surface area contributed by atoms with Gasteiger partial charge >= 0.3 is 0 Å². The number of nitrogens with one attached hydrogen (secondary N) is 10. The SMILES string of the molecule is CC[C@H](C)[C@H](NC(=O)[C@@H]1CCCCNC(=O)[C@H](NC(=O)CNC(=O)[C@@H](N)Cc2ccc(O)cc2)C(=O)N[C@@H](Cc2ccccc2)C(=O)N[C@@H](CC(C)C)C(=O)N[C@@H](CCCN=C(N)N)C(=O)N1)C(=O)N[C@@H](CCCN=C(N)N)C(=O)N1CCC[C@H]1C(=O)N[C@@H](CCCCN)C(N)=O. The van der Waals surface area contributed by atoms with Gasteiger partial charge in [-0.25, -0.2) is 0 Å². The third-order valence-electron chi connectivity index (χ3n) is 16.5. The Bertz CT molecular complexity index is 3040. The Morgan fingerprint density at radius 2 is 1.29 bits per heavy atom. The van der Waals surface area contributed by atoms with Crippen molar-refractivity contribution in [3.63, 3.8) is 0 Å². The molecular formula is C64H102N20O13. The number of nitrogens with two attached hydrogens (primary N) is 7. The first-order valence-electron chi connectivity index (χ1n) is 33.1. The number of hydrogen-bond acceptors (Lipinski definition) is 17. The lowest BCUT2D eigenvalue weighted by Gasteiger charge is -2.32. The molecule has 0 saturated carbocycles. The molecule has 33 nitrogen and oxygen atoms in total. The molecule has 0 bridgehead atoms. The molecule has 2 heterocycles. The van der Waals surface area contributed by atoms with Gasteiger partial charge in [-0.2, -0.15) is 0 Å². The van der Waals surface area contributed by atoms with Gasteiger partial charge in [-0.3, -0.25) is 67.5 Å². The van der Waals surface area contributed by atoms with E-state index in [-0.39, 0.29) is 127 Å². The van der Waals surface area contributed by atoms with Crippen molar-refractivity contribution in [3.8, 4) is 5.75 Å². The predicted octanol–water partition coefficient (Wildman–Crippen LogP) is -4.40. The van der Waals surface area contributed by atoms with Crippen LogP contribution in [0, 0.1) is 11.8 Å². The first-order chi connectivity index (χ1) is 46.1. The molecule has 2 fully saturated rings. The molecule has 0 spiro atoms. The highest BCUT2D eigenvalue weighted by atomic mass is 16.3. The maximum atomic E-state index is 14.9. The minimum atomic E-state index is -2.04. The minimum absolute atomic E-state index is 0.000948. The summed E-state index contributed by atoms with van der Waals surface area (Å²) in [5.41, 5.74) is 41.0. The van der Waals surface area contributed by atoms with Crippen LogP contribution in [0.4, 0.5) is 0 Å². The number of rotatable bonds is 32. The summed E-state index contributed by atoms with van der Waals surface area (Å²) in [6, 6.07) is 0.716. The number of phenolic OH excluding ortho intramolecular Hbond substituents is 1. The Labute approximate surface area is 565 Å². The topological polar surface area (TPSA) is 555 Å². The second kappa shape index (κ2) is 41.3. The van der Waals surface area contributed by atoms with E-state index in [0.717, 1.165) is 0 Å². The third-order valence-corrected chi connectivity index (χ3v) is 16.5. The van der Waals surface area contributed by atoms with Crippen LogP contribution in [-0.2, 0) is 70.4 Å². The average molecular weight is 1360 g/mol. The molecule has 33 heteroatoms. The number of guanidine groups is 2. The maximum absolute atomic E-state index is 14.9. The number of likely N-dealkylation sites (tertiary alicyclic amines) is 1. The van der Waals surface area contributed by atoms with Gasteiger partial charge in [0.25, 0.3) is 11.8 Å². The molecule has 0 aliphatic carbocycles. The minimum Gasteiger partial charge on any atom is -0.508 e. The number of carbonyl (C=O) groups excluding carboxylic acids is 12. The van der Waals surface area contributed by atoms with E-state index in [1.165, 1.54) is 17.0 Å². The fourth-order valence-corrected chi connectivity index (χ4v) is 10.9. The number of benzene rings is 2. The molecule has 2 aromatic rings. The van der Waals surface area contributed by atoms with Crippen LogP contribution in [0.15, 0.2) is 64.6 Å². The van der Waals surface area contributed by atoms with Gasteiger partial charge in [0, 0.05) is 32.6 Å². The fraction of sp³-hybridized carbons (Fsp3) is 0.594. The van der Waals surface area contributed by atoms with Crippen LogP contribution in [0.1, 0.15) is 129 Å². The van der Waals surface area contributed by atoms with Crippen molar-refractivity contribution in [2.24, 2.45) is 62.0 Å². The van der Waals surface area contributed by atoms with E-state index in [2.05, 4.69) is 63.2 Å². The summed E-state index contributed by atoms with van der Waals surface area (Å²) in [6.45, 7) is 6.59. The van der Waals surface area contributed by atoms with E-state index in [9.17, 15) is 62.6 Å². The second-order valence-electron chi connectivity index (χ2n) is 24.8. The Hall–Kier alpha value is -9.66. The van der Waals surface area contributed by atoms with Gasteiger partial charge in [0.05, 0.1) is 12.6 Å². The number of aromatic hydroxyl groups is 1. The van der Waals surface area contributed by atoms with E-state index in [1.807, 2.05) is 0 Å². The Kier molecular flexibility index (Phi) is 34.0. The lowest BCUT2D eigenvalue weighted by molar-refractivity contribution is -0.142. The summed E-state index contributed by atoms with van der Waals surface area (Å²) >= 11 is 0. The number of hydrogen-bond donors (Lipinski definition) is 18. The summed E-state index contributed by atoms with van der Waals surface area (Å²) in [6.07, 6.45) is 2.17. The molecule has 0 unspecified atom stereocenters. The first kappa shape index (κ1) is 79.8. The summed E-state index contributed by atoms with van der Waals surface area (Å²) < 4.78 is 0. The number of nitrogens with zero attached hydrogens (tertiary/aromatic N) is 3. The number of amides is 12. The van der Waals surface area contributed by atoms with Gasteiger partial charge in [-0.05, 0) is 132 Å². The van der Waals surface area contributed by atoms with Crippen LogP contribution >= 0.6 is 0 Å². The Morgan fingerprint density at radius 1 is 0.660 bits per heavy atom. The molecule has 2 aromatic carbocycles. The fourth-order valence-electron chi connectivity index (χ4n) is 10.9. The molecule has 0 radical (unpaired) electrons. The Balaban J connectivity index is 1.72. The number of phenols is 1. The van der Waals surface area contributed by atoms with Crippen molar-refractivity contribution in [2.45, 2.75) is 191 Å². The van der Waals surface area contributed by atoms with Gasteiger partial charge < -0.3 is 103 Å². The third kappa shape index (κ3) is 27.9. The van der Waals surface area contributed by atoms with Gasteiger partial charge in [-0.15, -0.1) is 0 Å². The first-order valence-corrected chi connectivity index (χ1v) is 33.1. The van der Waals surface area contributed by atoms with Crippen LogP contribution in [0.3, 0.4) is 0 Å². The zero-order chi connectivity index (χ0) is 71.7. The molecule has 536 valence electrons. The van der Waals surface area contributed by atoms with E-state index >= 15 is 0 Å². The molecule has 97 heavy (non-hydrogen) atoms. The van der Waals surface area contributed by atoms with Gasteiger partial charge in [0.2, 0.25) is 59.1 Å². The summed E-state index contributed by atoms with van der Waals surface area (Å²) in [5.74, 6) is -11.6. The van der Waals surface area contributed by atoms with Crippen molar-refractivity contribution in [1.29, 1.82) is 0 Å². The summed E-state index contributed by atoms with van der Waals surface area (Å²) in [5, 5.41) is 36.1. The Morgan fingerprint density at radius 3 is 1.93 bits per heavy atom. The van der Waals surface area contributed by atoms with Crippen LogP contribution in [0.5, 0.6) is 5.75 Å². The van der Waals surface area contributed by atoms with Crippen molar-refractivity contribution in [1.82, 2.24) is 58.1 Å². The number of carbonyl (C=O) groups is 12. The molecule has 25 N–H and O–H groups in total. The zero-order valence-corrected chi connectivity index (χ0v) is 55.9. The summed E-state index contributed by atoms with van der Waals surface area (Å²) in [4.78, 5) is 179. The lowest BCUT2D eigenvalue weighted by Crippen LogP contribution is -2.62. The van der Waals surface area contributed by atoms with Crippen molar-refractivity contribution >= 4 is 82.8 Å². The second-order valence-corrected chi connectivity index (χ2v) is 24.8. The quantitative estimate of drug-likeness (QED) is 0.0142. The van der Waals surface area contributed by atoms with E-state index in [1.54, 1.807) is 70.2 Å². The van der Waals surface area contributed by atoms with Crippen molar-refractivity contribution < 1.29 is 62.6 Å². The normalized spacial score (nSPS) is 20.5. The van der Waals surface area contributed by atoms with Gasteiger partial charge in [-0.1, -0.05) is 76.6 Å². The number of primary amides is 1. The van der Waals surface area contributed by atoms with E-state index in [4.69, 9.17) is 40.1 Å². The highest BCUT2D eigenvalue weighted by Gasteiger charge is 2.41. The largest absolute Gasteiger partial charge is 0.508 e. The molecule has 2 saturated heterocycles. The van der Waals surface area contributed by atoms with Gasteiger partial charge in [0.1, 0.15) is 54.1 Å². The van der Waals surface area contributed by atoms with Crippen molar-refractivity contribution in [3.05, 3.63) is 65.7 Å². The molecule has 2 aliphatic heterocycles. The zero-order valence-electron chi connectivity index (χ0n) is 55.9. The molecule has 0 aromatic heterocycles. The highest BCUT2D eigenvalue weighted by Crippen LogP contribution is 2.22. The number of aliphatic imine (C=N–C) groups is 2. The summed E-state index contributed by atoms with van der Waals surface area (Å²) in [7, 11) is 0. The van der Waals surface area contributed by atoms with Crippen LogP contribution in [-0.4, -0.2) is 192 Å².